The predicted octanol–water partition coefficient (Wildman–Crippen LogP) is 2.56. The van der Waals surface area contributed by atoms with Crippen molar-refractivity contribution in [2.75, 3.05) is 18.9 Å². The van der Waals surface area contributed by atoms with Gasteiger partial charge in [-0.05, 0) is 23.8 Å². The molecular formula is C15H15ClN2O3. The molecule has 110 valence electrons. The SMILES string of the molecule is Nc1ccncc1C(O)c1cc(Cl)c2c(c1)OCCCO2. The molecule has 1 aromatic carbocycles. The maximum atomic E-state index is 10.5. The van der Waals surface area contributed by atoms with Crippen LogP contribution in [0.25, 0.3) is 0 Å². The van der Waals surface area contributed by atoms with Crippen molar-refractivity contribution in [2.24, 2.45) is 0 Å². The van der Waals surface area contributed by atoms with E-state index in [2.05, 4.69) is 4.98 Å². The van der Waals surface area contributed by atoms with Gasteiger partial charge in [0.2, 0.25) is 0 Å². The highest BCUT2D eigenvalue weighted by molar-refractivity contribution is 6.32. The van der Waals surface area contributed by atoms with Gasteiger partial charge in [-0.15, -0.1) is 0 Å². The summed E-state index contributed by atoms with van der Waals surface area (Å²) >= 11 is 6.23. The van der Waals surface area contributed by atoms with Crippen molar-refractivity contribution in [2.45, 2.75) is 12.5 Å². The van der Waals surface area contributed by atoms with Crippen LogP contribution in [0.15, 0.2) is 30.6 Å². The lowest BCUT2D eigenvalue weighted by molar-refractivity contribution is 0.219. The molecule has 1 aliphatic rings. The Kier molecular flexibility index (Phi) is 3.86. The zero-order valence-corrected chi connectivity index (χ0v) is 12.0. The molecule has 1 aliphatic heterocycles. The van der Waals surface area contributed by atoms with E-state index in [9.17, 15) is 5.11 Å². The zero-order chi connectivity index (χ0) is 14.8. The molecule has 0 amide bonds. The summed E-state index contributed by atoms with van der Waals surface area (Å²) in [6, 6.07) is 5.03. The lowest BCUT2D eigenvalue weighted by Gasteiger charge is -2.16. The van der Waals surface area contributed by atoms with Gasteiger partial charge in [-0.3, -0.25) is 4.98 Å². The van der Waals surface area contributed by atoms with Gasteiger partial charge >= 0.3 is 0 Å². The highest BCUT2D eigenvalue weighted by Crippen LogP contribution is 2.40. The molecule has 0 radical (unpaired) electrons. The number of hydrogen-bond acceptors (Lipinski definition) is 5. The van der Waals surface area contributed by atoms with E-state index in [1.54, 1.807) is 24.4 Å². The summed E-state index contributed by atoms with van der Waals surface area (Å²) in [5, 5.41) is 10.9. The second kappa shape index (κ2) is 5.79. The van der Waals surface area contributed by atoms with Gasteiger partial charge in [0.25, 0.3) is 0 Å². The van der Waals surface area contributed by atoms with E-state index in [1.165, 1.54) is 6.20 Å². The molecular weight excluding hydrogens is 292 g/mol. The molecule has 2 heterocycles. The number of ether oxygens (including phenoxy) is 2. The van der Waals surface area contributed by atoms with Crippen LogP contribution in [0.4, 0.5) is 5.69 Å². The molecule has 1 aromatic heterocycles. The molecule has 0 spiro atoms. The standard InChI is InChI=1S/C15H15ClN2O3/c16-11-6-9(7-13-15(11)21-5-1-4-20-13)14(19)10-8-18-3-2-12(10)17/h2-3,6-8,14,19H,1,4-5H2,(H2,17,18). The Labute approximate surface area is 127 Å². The second-order valence-electron chi connectivity index (χ2n) is 4.79. The molecule has 0 aliphatic carbocycles. The second-order valence-corrected chi connectivity index (χ2v) is 5.19. The van der Waals surface area contributed by atoms with Crippen molar-refractivity contribution in [1.82, 2.24) is 4.98 Å². The molecule has 2 aromatic rings. The van der Waals surface area contributed by atoms with Crippen LogP contribution in [0.5, 0.6) is 11.5 Å². The van der Waals surface area contributed by atoms with Gasteiger partial charge in [-0.25, -0.2) is 0 Å². The van der Waals surface area contributed by atoms with Crippen molar-refractivity contribution in [1.29, 1.82) is 0 Å². The summed E-state index contributed by atoms with van der Waals surface area (Å²) in [6.45, 7) is 1.11. The van der Waals surface area contributed by atoms with E-state index in [-0.39, 0.29) is 0 Å². The minimum Gasteiger partial charge on any atom is -0.489 e. The number of anilines is 1. The molecule has 1 unspecified atom stereocenters. The topological polar surface area (TPSA) is 77.6 Å². The van der Waals surface area contributed by atoms with E-state index in [0.29, 0.717) is 46.5 Å². The Balaban J connectivity index is 2.01. The Morgan fingerprint density at radius 1 is 1.29 bits per heavy atom. The number of rotatable bonds is 2. The lowest BCUT2D eigenvalue weighted by atomic mass is 10.0. The first-order valence-electron chi connectivity index (χ1n) is 6.63. The number of halogens is 1. The van der Waals surface area contributed by atoms with Crippen LogP contribution >= 0.6 is 11.6 Å². The van der Waals surface area contributed by atoms with Crippen molar-refractivity contribution < 1.29 is 14.6 Å². The number of aliphatic hydroxyl groups excluding tert-OH is 1. The first-order chi connectivity index (χ1) is 10.2. The first kappa shape index (κ1) is 14.0. The number of nitrogens with zero attached hydrogens (tertiary/aromatic N) is 1. The first-order valence-corrected chi connectivity index (χ1v) is 7.01. The number of hydrogen-bond donors (Lipinski definition) is 2. The minimum atomic E-state index is -0.923. The van der Waals surface area contributed by atoms with Crippen LogP contribution in [0.3, 0.4) is 0 Å². The number of fused-ring (bicyclic) bond motifs is 1. The summed E-state index contributed by atoms with van der Waals surface area (Å²) < 4.78 is 11.2. The molecule has 0 bridgehead atoms. The van der Waals surface area contributed by atoms with Crippen molar-refractivity contribution in [3.8, 4) is 11.5 Å². The Morgan fingerprint density at radius 3 is 2.90 bits per heavy atom. The van der Waals surface area contributed by atoms with E-state index in [4.69, 9.17) is 26.8 Å². The van der Waals surface area contributed by atoms with Gasteiger partial charge in [0.1, 0.15) is 6.10 Å². The van der Waals surface area contributed by atoms with Crippen LogP contribution < -0.4 is 15.2 Å². The Bertz CT molecular complexity index is 663. The van der Waals surface area contributed by atoms with Crippen molar-refractivity contribution >= 4 is 17.3 Å². The van der Waals surface area contributed by atoms with Gasteiger partial charge < -0.3 is 20.3 Å². The summed E-state index contributed by atoms with van der Waals surface area (Å²) in [5.74, 6) is 1.06. The summed E-state index contributed by atoms with van der Waals surface area (Å²) in [6.07, 6.45) is 2.98. The average molecular weight is 307 g/mol. The Morgan fingerprint density at radius 2 is 2.10 bits per heavy atom. The maximum absolute atomic E-state index is 10.5. The zero-order valence-electron chi connectivity index (χ0n) is 11.3. The van der Waals surface area contributed by atoms with E-state index in [1.807, 2.05) is 0 Å². The number of benzene rings is 1. The fraction of sp³-hybridized carbons (Fsp3) is 0.267. The van der Waals surface area contributed by atoms with E-state index in [0.717, 1.165) is 6.42 Å². The third-order valence-corrected chi connectivity index (χ3v) is 3.60. The summed E-state index contributed by atoms with van der Waals surface area (Å²) in [5.41, 5.74) is 7.46. The van der Waals surface area contributed by atoms with Crippen LogP contribution in [-0.4, -0.2) is 23.3 Å². The van der Waals surface area contributed by atoms with Crippen LogP contribution in [0.2, 0.25) is 5.02 Å². The highest BCUT2D eigenvalue weighted by Gasteiger charge is 2.20. The number of aliphatic hydroxyl groups is 1. The molecule has 0 saturated heterocycles. The molecule has 3 rings (SSSR count). The number of pyridine rings is 1. The highest BCUT2D eigenvalue weighted by atomic mass is 35.5. The van der Waals surface area contributed by atoms with Crippen LogP contribution in [0.1, 0.15) is 23.7 Å². The molecule has 0 saturated carbocycles. The van der Waals surface area contributed by atoms with Gasteiger partial charge in [-0.1, -0.05) is 11.6 Å². The number of nitrogens with two attached hydrogens (primary N) is 1. The predicted molar refractivity (Wildman–Crippen MR) is 79.8 cm³/mol. The van der Waals surface area contributed by atoms with Crippen molar-refractivity contribution in [3.63, 3.8) is 0 Å². The fourth-order valence-electron chi connectivity index (χ4n) is 2.23. The largest absolute Gasteiger partial charge is 0.489 e. The minimum absolute atomic E-state index is 0.408. The van der Waals surface area contributed by atoms with Gasteiger partial charge in [0.15, 0.2) is 11.5 Å². The number of aromatic nitrogens is 1. The molecule has 21 heavy (non-hydrogen) atoms. The van der Waals surface area contributed by atoms with Gasteiger partial charge in [0, 0.05) is 30.1 Å². The fourth-order valence-corrected chi connectivity index (χ4v) is 2.51. The van der Waals surface area contributed by atoms with E-state index >= 15 is 0 Å². The molecule has 6 heteroatoms. The van der Waals surface area contributed by atoms with Crippen LogP contribution in [0, 0.1) is 0 Å². The average Bonchev–Trinajstić information content (AvgIpc) is 2.72. The molecule has 0 fully saturated rings. The third kappa shape index (κ3) is 2.75. The third-order valence-electron chi connectivity index (χ3n) is 3.32. The van der Waals surface area contributed by atoms with Crippen molar-refractivity contribution in [3.05, 3.63) is 46.7 Å². The van der Waals surface area contributed by atoms with E-state index < -0.39 is 6.10 Å². The van der Waals surface area contributed by atoms with Gasteiger partial charge in [0.05, 0.1) is 18.2 Å². The molecule has 5 nitrogen and oxygen atoms in total. The molecule has 3 N–H and O–H groups in total. The number of nitrogen functional groups attached to an aromatic ring is 1. The summed E-state index contributed by atoms with van der Waals surface area (Å²) in [7, 11) is 0. The lowest BCUT2D eigenvalue weighted by Crippen LogP contribution is -2.05. The smallest absolute Gasteiger partial charge is 0.179 e. The monoisotopic (exact) mass is 306 g/mol. The quantitative estimate of drug-likeness (QED) is 0.891. The molecule has 1 atom stereocenters. The summed E-state index contributed by atoms with van der Waals surface area (Å²) in [4.78, 5) is 3.99. The Hall–Kier alpha value is -1.98. The maximum Gasteiger partial charge on any atom is 0.179 e. The van der Waals surface area contributed by atoms with Gasteiger partial charge in [-0.2, -0.15) is 0 Å². The van der Waals surface area contributed by atoms with Crippen LogP contribution in [-0.2, 0) is 0 Å². The normalized spacial score (nSPS) is 15.3.